The van der Waals surface area contributed by atoms with Gasteiger partial charge in [-0.15, -0.1) is 11.3 Å². The molecule has 2 aromatic rings. The minimum atomic E-state index is -0.923. The van der Waals surface area contributed by atoms with E-state index in [1.54, 1.807) is 11.0 Å². The summed E-state index contributed by atoms with van der Waals surface area (Å²) in [7, 11) is 0. The fourth-order valence-electron chi connectivity index (χ4n) is 4.11. The highest BCUT2D eigenvalue weighted by atomic mass is 35.5. The van der Waals surface area contributed by atoms with Crippen LogP contribution in [0, 0.1) is 11.8 Å². The van der Waals surface area contributed by atoms with Gasteiger partial charge in [-0.1, -0.05) is 37.0 Å². The Hall–Kier alpha value is -2.09. The van der Waals surface area contributed by atoms with Crippen molar-refractivity contribution in [2.24, 2.45) is 11.8 Å². The van der Waals surface area contributed by atoms with E-state index in [2.05, 4.69) is 5.32 Å². The van der Waals surface area contributed by atoms with Crippen molar-refractivity contribution in [3.63, 3.8) is 0 Å². The molecule has 1 atom stereocenters. The maximum absolute atomic E-state index is 12.7. The van der Waals surface area contributed by atoms with Gasteiger partial charge in [-0.3, -0.25) is 14.4 Å². The van der Waals surface area contributed by atoms with Crippen LogP contribution in [0.15, 0.2) is 23.6 Å². The van der Waals surface area contributed by atoms with Gasteiger partial charge in [-0.2, -0.15) is 0 Å². The fraction of sp³-hybridized carbons (Fsp3) is 0.458. The van der Waals surface area contributed by atoms with E-state index < -0.39 is 5.97 Å². The molecule has 1 unspecified atom stereocenters. The molecule has 9 heteroatoms. The third-order valence-electron chi connectivity index (χ3n) is 5.76. The summed E-state index contributed by atoms with van der Waals surface area (Å²) in [5, 5.41) is 15.8. The van der Waals surface area contributed by atoms with Crippen molar-refractivity contribution >= 4 is 68.5 Å². The number of rotatable bonds is 8. The molecule has 1 aliphatic heterocycles. The summed E-state index contributed by atoms with van der Waals surface area (Å²) in [6, 6.07) is 3.49. The van der Waals surface area contributed by atoms with Crippen LogP contribution in [0.3, 0.4) is 0 Å². The average Bonchev–Trinajstić information content (AvgIpc) is 3.23. The molecule has 2 heterocycles. The fourth-order valence-corrected chi connectivity index (χ4v) is 5.55. The highest BCUT2D eigenvalue weighted by Gasteiger charge is 2.28. The molecule has 1 fully saturated rings. The number of halogens is 2. The minimum absolute atomic E-state index is 0.0875. The van der Waals surface area contributed by atoms with Crippen LogP contribution in [0.2, 0.25) is 10.0 Å². The van der Waals surface area contributed by atoms with Crippen LogP contribution in [-0.4, -0.2) is 46.9 Å². The van der Waals surface area contributed by atoms with Gasteiger partial charge in [0.1, 0.15) is 0 Å². The zero-order valence-electron chi connectivity index (χ0n) is 18.6. The number of carbonyl (C=O) groups is 3. The third-order valence-corrected chi connectivity index (χ3v) is 7.70. The van der Waals surface area contributed by atoms with Crippen molar-refractivity contribution in [3.8, 4) is 0 Å². The summed E-state index contributed by atoms with van der Waals surface area (Å²) >= 11 is 14.2. The van der Waals surface area contributed by atoms with Crippen molar-refractivity contribution in [2.45, 2.75) is 45.6 Å². The number of fused-ring (bicyclic) bond motifs is 1. The van der Waals surface area contributed by atoms with Crippen molar-refractivity contribution in [1.29, 1.82) is 0 Å². The summed E-state index contributed by atoms with van der Waals surface area (Å²) in [5.41, 5.74) is 0.685. The predicted molar refractivity (Wildman–Crippen MR) is 134 cm³/mol. The number of piperidine rings is 1. The second-order valence-electron chi connectivity index (χ2n) is 8.80. The lowest BCUT2D eigenvalue weighted by Gasteiger charge is -2.31. The van der Waals surface area contributed by atoms with Gasteiger partial charge in [0.2, 0.25) is 11.8 Å². The maximum atomic E-state index is 12.7. The van der Waals surface area contributed by atoms with E-state index in [0.29, 0.717) is 48.0 Å². The quantitative estimate of drug-likeness (QED) is 0.461. The van der Waals surface area contributed by atoms with E-state index in [9.17, 15) is 14.4 Å². The Bertz CT molecular complexity index is 1060. The van der Waals surface area contributed by atoms with Gasteiger partial charge in [-0.25, -0.2) is 0 Å². The number of nitrogens with one attached hydrogen (secondary N) is 1. The topological polar surface area (TPSA) is 86.7 Å². The van der Waals surface area contributed by atoms with Gasteiger partial charge in [0, 0.05) is 31.1 Å². The zero-order valence-corrected chi connectivity index (χ0v) is 21.0. The number of likely N-dealkylation sites (tertiary alicyclic amines) is 1. The molecule has 1 aromatic carbocycles. The SMILES string of the molecule is CC(C)CC(CC(=O)O)NC(=O)C1CCN(C(=O)/C=C/c2cc3ccsc3c(Cl)c2Cl)CC1. The highest BCUT2D eigenvalue weighted by Crippen LogP contribution is 2.37. The van der Waals surface area contributed by atoms with Crippen LogP contribution >= 0.6 is 34.5 Å². The Morgan fingerprint density at radius 2 is 1.94 bits per heavy atom. The first kappa shape index (κ1) is 25.5. The lowest BCUT2D eigenvalue weighted by atomic mass is 9.94. The summed E-state index contributed by atoms with van der Waals surface area (Å²) in [5.74, 6) is -1.14. The molecule has 1 aliphatic rings. The number of hydrogen-bond donors (Lipinski definition) is 2. The highest BCUT2D eigenvalue weighted by molar-refractivity contribution is 7.18. The smallest absolute Gasteiger partial charge is 0.305 e. The molecule has 3 rings (SSSR count). The Balaban J connectivity index is 1.56. The van der Waals surface area contributed by atoms with E-state index in [0.717, 1.165) is 10.1 Å². The summed E-state index contributed by atoms with van der Waals surface area (Å²) < 4.78 is 0.921. The molecule has 0 spiro atoms. The first-order valence-corrected chi connectivity index (χ1v) is 12.6. The number of carboxylic acids is 1. The zero-order chi connectivity index (χ0) is 24.1. The van der Waals surface area contributed by atoms with Crippen LogP contribution in [-0.2, 0) is 14.4 Å². The van der Waals surface area contributed by atoms with Crippen LogP contribution in [0.25, 0.3) is 16.2 Å². The second kappa shape index (κ2) is 11.4. The lowest BCUT2D eigenvalue weighted by Crippen LogP contribution is -2.45. The maximum Gasteiger partial charge on any atom is 0.305 e. The first-order chi connectivity index (χ1) is 15.7. The van der Waals surface area contributed by atoms with Crippen molar-refractivity contribution in [3.05, 3.63) is 39.2 Å². The number of amides is 2. The lowest BCUT2D eigenvalue weighted by molar-refractivity contribution is -0.138. The molecule has 0 aliphatic carbocycles. The van der Waals surface area contributed by atoms with Crippen molar-refractivity contribution < 1.29 is 19.5 Å². The van der Waals surface area contributed by atoms with E-state index in [1.807, 2.05) is 31.4 Å². The van der Waals surface area contributed by atoms with Gasteiger partial charge in [0.05, 0.1) is 21.2 Å². The molecular formula is C24H28Cl2N2O4S. The number of aliphatic carboxylic acids is 1. The standard InChI is InChI=1S/C24H28Cl2N2O4S/c1-14(2)11-18(13-20(30)31)27-24(32)15-5-8-28(9-6-15)19(29)4-3-16-12-17-7-10-33-23(17)22(26)21(16)25/h3-4,7,10,12,14-15,18H,5-6,8-9,11,13H2,1-2H3,(H,27,32)(H,30,31)/b4-3+. The van der Waals surface area contributed by atoms with E-state index in [-0.39, 0.29) is 36.1 Å². The molecule has 6 nitrogen and oxygen atoms in total. The van der Waals surface area contributed by atoms with Gasteiger partial charge in [-0.05, 0) is 59.7 Å². The second-order valence-corrected chi connectivity index (χ2v) is 10.5. The molecular weight excluding hydrogens is 483 g/mol. The summed E-state index contributed by atoms with van der Waals surface area (Å²) in [6.07, 6.45) is 4.77. The molecule has 0 bridgehead atoms. The average molecular weight is 511 g/mol. The van der Waals surface area contributed by atoms with Crippen LogP contribution in [0.4, 0.5) is 0 Å². The van der Waals surface area contributed by atoms with Crippen LogP contribution in [0.1, 0.15) is 45.1 Å². The van der Waals surface area contributed by atoms with Gasteiger partial charge < -0.3 is 15.3 Å². The number of carboxylic acid groups (broad SMARTS) is 1. The number of benzene rings is 1. The first-order valence-electron chi connectivity index (χ1n) is 11.0. The van der Waals surface area contributed by atoms with Crippen molar-refractivity contribution in [2.75, 3.05) is 13.1 Å². The number of thiophene rings is 1. The molecule has 2 amide bonds. The normalized spacial score (nSPS) is 16.0. The predicted octanol–water partition coefficient (Wildman–Crippen LogP) is 5.47. The summed E-state index contributed by atoms with van der Waals surface area (Å²) in [4.78, 5) is 38.2. The van der Waals surface area contributed by atoms with Crippen LogP contribution < -0.4 is 5.32 Å². The van der Waals surface area contributed by atoms with Gasteiger partial charge in [0.15, 0.2) is 0 Å². The number of carbonyl (C=O) groups excluding carboxylic acids is 2. The molecule has 0 saturated carbocycles. The Labute approximate surface area is 207 Å². The monoisotopic (exact) mass is 510 g/mol. The third kappa shape index (κ3) is 6.71. The largest absolute Gasteiger partial charge is 0.481 e. The Morgan fingerprint density at radius 3 is 2.58 bits per heavy atom. The van der Waals surface area contributed by atoms with E-state index in [4.69, 9.17) is 28.3 Å². The molecule has 0 radical (unpaired) electrons. The van der Waals surface area contributed by atoms with Gasteiger partial charge >= 0.3 is 5.97 Å². The van der Waals surface area contributed by atoms with E-state index in [1.165, 1.54) is 17.4 Å². The minimum Gasteiger partial charge on any atom is -0.481 e. The van der Waals surface area contributed by atoms with Crippen LogP contribution in [0.5, 0.6) is 0 Å². The van der Waals surface area contributed by atoms with E-state index >= 15 is 0 Å². The number of hydrogen-bond acceptors (Lipinski definition) is 4. The Morgan fingerprint density at radius 1 is 1.24 bits per heavy atom. The molecule has 33 heavy (non-hydrogen) atoms. The molecule has 178 valence electrons. The number of nitrogens with zero attached hydrogens (tertiary/aromatic N) is 1. The molecule has 2 N–H and O–H groups in total. The Kier molecular flexibility index (Phi) is 8.79. The summed E-state index contributed by atoms with van der Waals surface area (Å²) in [6.45, 7) is 4.93. The van der Waals surface area contributed by atoms with Crippen molar-refractivity contribution in [1.82, 2.24) is 10.2 Å². The molecule has 1 aromatic heterocycles. The van der Waals surface area contributed by atoms with Gasteiger partial charge in [0.25, 0.3) is 0 Å². The molecule has 1 saturated heterocycles.